The summed E-state index contributed by atoms with van der Waals surface area (Å²) in [7, 11) is 0. The van der Waals surface area contributed by atoms with Gasteiger partial charge in [0.05, 0.1) is 12.0 Å². The van der Waals surface area contributed by atoms with Crippen LogP contribution in [0.15, 0.2) is 28.2 Å². The Morgan fingerprint density at radius 2 is 2.00 bits per heavy atom. The molecule has 0 spiro atoms. The van der Waals surface area contributed by atoms with Crippen molar-refractivity contribution in [2.75, 3.05) is 32.7 Å². The zero-order valence-corrected chi connectivity index (χ0v) is 13.6. The van der Waals surface area contributed by atoms with E-state index in [1.807, 2.05) is 12.1 Å². The lowest BCUT2D eigenvalue weighted by molar-refractivity contribution is 0.116. The molecule has 0 N–H and O–H groups in total. The molecule has 0 amide bonds. The Morgan fingerprint density at radius 3 is 2.67 bits per heavy atom. The van der Waals surface area contributed by atoms with Crippen LogP contribution in [0, 0.1) is 5.92 Å². The first-order valence-corrected chi connectivity index (χ1v) is 8.51. The smallest absolute Gasteiger partial charge is 0.162 e. The van der Waals surface area contributed by atoms with Crippen LogP contribution in [0.3, 0.4) is 0 Å². The van der Waals surface area contributed by atoms with E-state index in [4.69, 9.17) is 4.42 Å². The average Bonchev–Trinajstić information content (AvgIpc) is 3.11. The van der Waals surface area contributed by atoms with Gasteiger partial charge in [-0.3, -0.25) is 4.90 Å². The topological polar surface area (TPSA) is 32.5 Å². The molecule has 1 saturated heterocycles. The minimum atomic E-state index is 0.756. The summed E-state index contributed by atoms with van der Waals surface area (Å²) < 4.78 is 5.40. The van der Waals surface area contributed by atoms with Gasteiger partial charge in [-0.2, -0.15) is 0 Å². The number of piperazine rings is 1. The fourth-order valence-corrected chi connectivity index (χ4v) is 3.55. The molecule has 2 aromatic rings. The van der Waals surface area contributed by atoms with Gasteiger partial charge in [0.1, 0.15) is 0 Å². The number of nitrogens with zero attached hydrogens (tertiary/aromatic N) is 3. The van der Waals surface area contributed by atoms with Gasteiger partial charge >= 0.3 is 0 Å². The molecule has 3 heterocycles. The van der Waals surface area contributed by atoms with Gasteiger partial charge < -0.3 is 9.32 Å². The fraction of sp³-hybridized carbons (Fsp3) is 0.562. The summed E-state index contributed by atoms with van der Waals surface area (Å²) in [5.41, 5.74) is 1.16. The summed E-state index contributed by atoms with van der Waals surface area (Å²) in [5.74, 6) is 1.62. The minimum Gasteiger partial charge on any atom is -0.462 e. The number of thiazole rings is 1. The van der Waals surface area contributed by atoms with E-state index in [-0.39, 0.29) is 0 Å². The van der Waals surface area contributed by atoms with Crippen molar-refractivity contribution in [3.8, 4) is 10.8 Å². The van der Waals surface area contributed by atoms with Crippen LogP contribution < -0.4 is 0 Å². The van der Waals surface area contributed by atoms with Crippen molar-refractivity contribution in [2.45, 2.75) is 20.4 Å². The fourth-order valence-electron chi connectivity index (χ4n) is 2.77. The van der Waals surface area contributed by atoms with E-state index in [1.54, 1.807) is 17.6 Å². The largest absolute Gasteiger partial charge is 0.462 e. The lowest BCUT2D eigenvalue weighted by Crippen LogP contribution is -2.46. The minimum absolute atomic E-state index is 0.756. The Labute approximate surface area is 130 Å². The second-order valence-corrected chi connectivity index (χ2v) is 6.95. The molecule has 3 rings (SSSR count). The van der Waals surface area contributed by atoms with Gasteiger partial charge in [-0.1, -0.05) is 13.8 Å². The molecular weight excluding hydrogens is 282 g/mol. The average molecular weight is 305 g/mol. The van der Waals surface area contributed by atoms with Crippen molar-refractivity contribution in [1.29, 1.82) is 0 Å². The Balaban J connectivity index is 1.52. The van der Waals surface area contributed by atoms with Crippen LogP contribution in [-0.4, -0.2) is 47.5 Å². The van der Waals surface area contributed by atoms with Crippen LogP contribution in [0.1, 0.15) is 19.5 Å². The normalized spacial score (nSPS) is 17.7. The highest BCUT2D eigenvalue weighted by atomic mass is 32.1. The Hall–Kier alpha value is -1.17. The van der Waals surface area contributed by atoms with E-state index in [9.17, 15) is 0 Å². The summed E-state index contributed by atoms with van der Waals surface area (Å²) in [6, 6.07) is 3.87. The molecule has 4 nitrogen and oxygen atoms in total. The van der Waals surface area contributed by atoms with E-state index in [0.29, 0.717) is 0 Å². The second-order valence-electron chi connectivity index (χ2n) is 6.09. The number of aromatic nitrogens is 1. The van der Waals surface area contributed by atoms with Crippen LogP contribution in [0.25, 0.3) is 10.8 Å². The highest BCUT2D eigenvalue weighted by molar-refractivity contribution is 7.13. The van der Waals surface area contributed by atoms with E-state index in [0.717, 1.165) is 42.0 Å². The zero-order chi connectivity index (χ0) is 14.7. The lowest BCUT2D eigenvalue weighted by atomic mass is 10.2. The highest BCUT2D eigenvalue weighted by Gasteiger charge is 2.18. The third kappa shape index (κ3) is 3.93. The molecule has 1 aliphatic heterocycles. The SMILES string of the molecule is CC(C)CN1CCN(Cc2csc(-c3ccco3)n2)CC1. The van der Waals surface area contributed by atoms with Crippen molar-refractivity contribution >= 4 is 11.3 Å². The van der Waals surface area contributed by atoms with Crippen molar-refractivity contribution in [2.24, 2.45) is 5.92 Å². The highest BCUT2D eigenvalue weighted by Crippen LogP contribution is 2.24. The summed E-state index contributed by atoms with van der Waals surface area (Å²) in [5, 5.41) is 3.13. The van der Waals surface area contributed by atoms with Crippen LogP contribution in [0.4, 0.5) is 0 Å². The maximum Gasteiger partial charge on any atom is 0.162 e. The number of hydrogen-bond donors (Lipinski definition) is 0. The van der Waals surface area contributed by atoms with E-state index in [1.165, 1.54) is 19.6 Å². The molecule has 5 heteroatoms. The number of furan rings is 1. The zero-order valence-electron chi connectivity index (χ0n) is 12.8. The van der Waals surface area contributed by atoms with Crippen LogP contribution in [0.2, 0.25) is 0 Å². The Kier molecular flexibility index (Phi) is 4.73. The molecule has 114 valence electrons. The van der Waals surface area contributed by atoms with Crippen LogP contribution >= 0.6 is 11.3 Å². The molecular formula is C16H23N3OS. The lowest BCUT2D eigenvalue weighted by Gasteiger charge is -2.35. The van der Waals surface area contributed by atoms with Crippen molar-refractivity contribution < 1.29 is 4.42 Å². The Morgan fingerprint density at radius 1 is 1.24 bits per heavy atom. The van der Waals surface area contributed by atoms with Gasteiger partial charge in [-0.25, -0.2) is 4.98 Å². The summed E-state index contributed by atoms with van der Waals surface area (Å²) in [6.45, 7) is 11.4. The number of rotatable bonds is 5. The molecule has 0 aromatic carbocycles. The van der Waals surface area contributed by atoms with E-state index < -0.39 is 0 Å². The van der Waals surface area contributed by atoms with E-state index >= 15 is 0 Å². The van der Waals surface area contributed by atoms with Crippen molar-refractivity contribution in [3.05, 3.63) is 29.5 Å². The maximum atomic E-state index is 5.40. The molecule has 1 fully saturated rings. The summed E-state index contributed by atoms with van der Waals surface area (Å²) in [4.78, 5) is 9.75. The monoisotopic (exact) mass is 305 g/mol. The summed E-state index contributed by atoms with van der Waals surface area (Å²) in [6.07, 6.45) is 1.70. The molecule has 0 atom stereocenters. The van der Waals surface area contributed by atoms with Gasteiger partial charge in [0.2, 0.25) is 0 Å². The third-order valence-corrected chi connectivity index (χ3v) is 4.66. The predicted molar refractivity (Wildman–Crippen MR) is 86.4 cm³/mol. The quantitative estimate of drug-likeness (QED) is 0.849. The van der Waals surface area contributed by atoms with Gasteiger partial charge in [0, 0.05) is 44.6 Å². The molecule has 0 saturated carbocycles. The van der Waals surface area contributed by atoms with Gasteiger partial charge in [-0.05, 0) is 18.1 Å². The van der Waals surface area contributed by atoms with Gasteiger partial charge in [0.15, 0.2) is 10.8 Å². The van der Waals surface area contributed by atoms with Crippen molar-refractivity contribution in [1.82, 2.24) is 14.8 Å². The molecule has 0 unspecified atom stereocenters. The standard InChI is InChI=1S/C16H23N3OS/c1-13(2)10-18-5-7-19(8-6-18)11-14-12-21-16(17-14)15-4-3-9-20-15/h3-4,9,12-13H,5-8,10-11H2,1-2H3. The molecule has 1 aliphatic rings. The summed E-state index contributed by atoms with van der Waals surface area (Å²) >= 11 is 1.66. The predicted octanol–water partition coefficient (Wildman–Crippen LogP) is 3.18. The first-order chi connectivity index (χ1) is 10.2. The molecule has 0 bridgehead atoms. The Bertz CT molecular complexity index is 542. The van der Waals surface area contributed by atoms with Crippen LogP contribution in [0.5, 0.6) is 0 Å². The van der Waals surface area contributed by atoms with Crippen LogP contribution in [-0.2, 0) is 6.54 Å². The molecule has 0 aliphatic carbocycles. The van der Waals surface area contributed by atoms with Crippen molar-refractivity contribution in [3.63, 3.8) is 0 Å². The maximum absolute atomic E-state index is 5.40. The van der Waals surface area contributed by atoms with E-state index in [2.05, 4.69) is 34.0 Å². The molecule has 21 heavy (non-hydrogen) atoms. The third-order valence-electron chi connectivity index (χ3n) is 3.76. The number of hydrogen-bond acceptors (Lipinski definition) is 5. The first kappa shape index (κ1) is 14.8. The second kappa shape index (κ2) is 6.73. The molecule has 2 aromatic heterocycles. The van der Waals surface area contributed by atoms with Gasteiger partial charge in [0.25, 0.3) is 0 Å². The van der Waals surface area contributed by atoms with Gasteiger partial charge in [-0.15, -0.1) is 11.3 Å². The first-order valence-electron chi connectivity index (χ1n) is 7.63. The molecule has 0 radical (unpaired) electrons.